The molecule has 2 aromatic rings. The molecule has 1 fully saturated rings. The van der Waals surface area contributed by atoms with E-state index in [1.165, 1.54) is 18.3 Å². The van der Waals surface area contributed by atoms with Crippen LogP contribution in [0.4, 0.5) is 15.8 Å². The van der Waals surface area contributed by atoms with Crippen LogP contribution in [0, 0.1) is 5.82 Å². The number of nitrogens with zero attached hydrogens (tertiary/aromatic N) is 2. The third kappa shape index (κ3) is 3.26. The van der Waals surface area contributed by atoms with Crippen molar-refractivity contribution in [1.29, 1.82) is 0 Å². The van der Waals surface area contributed by atoms with Crippen LogP contribution in [0.2, 0.25) is 0 Å². The molecule has 1 heterocycles. The van der Waals surface area contributed by atoms with Crippen molar-refractivity contribution < 1.29 is 14.2 Å². The fourth-order valence-corrected chi connectivity index (χ4v) is 2.35. The minimum Gasteiger partial charge on any atom is -0.504 e. The number of halogens is 1. The van der Waals surface area contributed by atoms with Crippen LogP contribution < -0.4 is 4.90 Å². The molecule has 0 saturated carbocycles. The van der Waals surface area contributed by atoms with Gasteiger partial charge >= 0.3 is 0 Å². The first-order valence-electron chi connectivity index (χ1n) is 7.18. The van der Waals surface area contributed by atoms with Gasteiger partial charge in [0.15, 0.2) is 11.6 Å². The molecule has 0 amide bonds. The van der Waals surface area contributed by atoms with E-state index >= 15 is 0 Å². The highest BCUT2D eigenvalue weighted by Crippen LogP contribution is 2.22. The van der Waals surface area contributed by atoms with E-state index in [1.807, 2.05) is 24.3 Å². The van der Waals surface area contributed by atoms with E-state index in [1.54, 1.807) is 6.07 Å². The van der Waals surface area contributed by atoms with E-state index in [9.17, 15) is 9.50 Å². The first-order valence-corrected chi connectivity index (χ1v) is 7.18. The monoisotopic (exact) mass is 300 g/mol. The molecule has 0 spiro atoms. The molecular weight excluding hydrogens is 283 g/mol. The van der Waals surface area contributed by atoms with E-state index in [0.717, 1.165) is 37.7 Å². The molecule has 114 valence electrons. The second-order valence-electron chi connectivity index (χ2n) is 5.05. The number of rotatable bonds is 3. The van der Waals surface area contributed by atoms with Gasteiger partial charge in [-0.05, 0) is 36.4 Å². The molecule has 1 N–H and O–H groups in total. The van der Waals surface area contributed by atoms with Crippen molar-refractivity contribution in [2.45, 2.75) is 0 Å². The number of anilines is 1. The average molecular weight is 300 g/mol. The van der Waals surface area contributed by atoms with Crippen LogP contribution in [0.5, 0.6) is 5.75 Å². The number of benzene rings is 2. The lowest BCUT2D eigenvalue weighted by Gasteiger charge is -2.28. The summed E-state index contributed by atoms with van der Waals surface area (Å²) in [7, 11) is 0. The number of phenolic OH excluding ortho intramolecular Hbond substituents is 1. The fraction of sp³-hybridized carbons (Fsp3) is 0.235. The van der Waals surface area contributed by atoms with Crippen molar-refractivity contribution in [3.05, 3.63) is 53.8 Å². The highest BCUT2D eigenvalue weighted by Gasteiger charge is 2.10. The molecule has 0 radical (unpaired) electrons. The lowest BCUT2D eigenvalue weighted by molar-refractivity contribution is 0.122. The minimum absolute atomic E-state index is 0.359. The van der Waals surface area contributed by atoms with Crippen molar-refractivity contribution in [3.8, 4) is 5.75 Å². The van der Waals surface area contributed by atoms with Gasteiger partial charge in [-0.2, -0.15) is 0 Å². The zero-order valence-corrected chi connectivity index (χ0v) is 12.1. The summed E-state index contributed by atoms with van der Waals surface area (Å²) in [5, 5.41) is 9.61. The predicted molar refractivity (Wildman–Crippen MR) is 84.8 cm³/mol. The summed E-state index contributed by atoms with van der Waals surface area (Å²) in [6, 6.07) is 12.2. The van der Waals surface area contributed by atoms with E-state index in [2.05, 4.69) is 9.89 Å². The molecule has 0 aliphatic carbocycles. The Balaban J connectivity index is 1.73. The van der Waals surface area contributed by atoms with Crippen LogP contribution in [0.15, 0.2) is 47.5 Å². The number of morpholine rings is 1. The van der Waals surface area contributed by atoms with E-state index in [0.29, 0.717) is 5.56 Å². The van der Waals surface area contributed by atoms with Gasteiger partial charge in [0.2, 0.25) is 0 Å². The Kier molecular flexibility index (Phi) is 4.34. The minimum atomic E-state index is -0.647. The molecule has 2 aromatic carbocycles. The van der Waals surface area contributed by atoms with Gasteiger partial charge < -0.3 is 14.7 Å². The number of ether oxygens (including phenoxy) is 1. The van der Waals surface area contributed by atoms with Gasteiger partial charge in [0.05, 0.1) is 18.9 Å². The van der Waals surface area contributed by atoms with E-state index < -0.39 is 5.82 Å². The molecule has 0 aromatic heterocycles. The lowest BCUT2D eigenvalue weighted by Crippen LogP contribution is -2.36. The molecule has 1 aliphatic heterocycles. The van der Waals surface area contributed by atoms with Crippen molar-refractivity contribution in [2.75, 3.05) is 31.2 Å². The number of aliphatic imine (C=N–C) groups is 1. The summed E-state index contributed by atoms with van der Waals surface area (Å²) < 4.78 is 18.6. The zero-order valence-electron chi connectivity index (χ0n) is 12.1. The number of para-hydroxylation sites is 1. The number of aromatic hydroxyl groups is 1. The normalized spacial score (nSPS) is 15.4. The highest BCUT2D eigenvalue weighted by molar-refractivity contribution is 5.85. The summed E-state index contributed by atoms with van der Waals surface area (Å²) in [6.07, 6.45) is 1.46. The first kappa shape index (κ1) is 14.5. The number of phenols is 1. The Labute approximate surface area is 128 Å². The Bertz CT molecular complexity index is 665. The van der Waals surface area contributed by atoms with Gasteiger partial charge in [0.25, 0.3) is 0 Å². The third-order valence-corrected chi connectivity index (χ3v) is 3.60. The average Bonchev–Trinajstić information content (AvgIpc) is 2.57. The molecule has 0 atom stereocenters. The SMILES string of the molecule is Oc1c(F)cccc1C=Nc1ccc(N2CCOCC2)cc1. The van der Waals surface area contributed by atoms with Crippen LogP contribution in [0.3, 0.4) is 0 Å². The maximum absolute atomic E-state index is 13.2. The summed E-state index contributed by atoms with van der Waals surface area (Å²) in [5.41, 5.74) is 2.24. The third-order valence-electron chi connectivity index (χ3n) is 3.60. The molecule has 4 nitrogen and oxygen atoms in total. The summed E-state index contributed by atoms with van der Waals surface area (Å²) >= 11 is 0. The first-order chi connectivity index (χ1) is 10.7. The van der Waals surface area contributed by atoms with Crippen LogP contribution >= 0.6 is 0 Å². The fourth-order valence-electron chi connectivity index (χ4n) is 2.35. The smallest absolute Gasteiger partial charge is 0.165 e. The van der Waals surface area contributed by atoms with Gasteiger partial charge in [-0.3, -0.25) is 4.99 Å². The molecule has 0 bridgehead atoms. The van der Waals surface area contributed by atoms with Gasteiger partial charge in [-0.1, -0.05) is 6.07 Å². The second-order valence-corrected chi connectivity index (χ2v) is 5.05. The molecule has 1 aliphatic rings. The Morgan fingerprint density at radius 2 is 1.82 bits per heavy atom. The zero-order chi connectivity index (χ0) is 15.4. The lowest BCUT2D eigenvalue weighted by atomic mass is 10.2. The Hall–Kier alpha value is -2.40. The van der Waals surface area contributed by atoms with Gasteiger partial charge in [0, 0.05) is 30.6 Å². The number of hydrogen-bond donors (Lipinski definition) is 1. The highest BCUT2D eigenvalue weighted by atomic mass is 19.1. The molecule has 3 rings (SSSR count). The Morgan fingerprint density at radius 1 is 1.09 bits per heavy atom. The van der Waals surface area contributed by atoms with Crippen molar-refractivity contribution in [1.82, 2.24) is 0 Å². The van der Waals surface area contributed by atoms with Crippen molar-refractivity contribution >= 4 is 17.6 Å². The maximum atomic E-state index is 13.2. The largest absolute Gasteiger partial charge is 0.504 e. The van der Waals surface area contributed by atoms with Crippen LogP contribution in [0.25, 0.3) is 0 Å². The van der Waals surface area contributed by atoms with Gasteiger partial charge in [-0.15, -0.1) is 0 Å². The maximum Gasteiger partial charge on any atom is 0.165 e. The molecule has 1 saturated heterocycles. The van der Waals surface area contributed by atoms with Crippen LogP contribution in [0.1, 0.15) is 5.56 Å². The Morgan fingerprint density at radius 3 is 2.55 bits per heavy atom. The van der Waals surface area contributed by atoms with Gasteiger partial charge in [0.1, 0.15) is 0 Å². The standard InChI is InChI=1S/C17H17FN2O2/c18-16-3-1-2-13(17(16)21)12-19-14-4-6-15(7-5-14)20-8-10-22-11-9-20/h1-7,12,21H,8-11H2. The summed E-state index contributed by atoms with van der Waals surface area (Å²) in [6.45, 7) is 3.27. The molecular formula is C17H17FN2O2. The molecule has 0 unspecified atom stereocenters. The quantitative estimate of drug-likeness (QED) is 0.886. The molecule has 22 heavy (non-hydrogen) atoms. The van der Waals surface area contributed by atoms with Gasteiger partial charge in [-0.25, -0.2) is 4.39 Å². The van der Waals surface area contributed by atoms with E-state index in [4.69, 9.17) is 4.74 Å². The van der Waals surface area contributed by atoms with Crippen molar-refractivity contribution in [3.63, 3.8) is 0 Å². The predicted octanol–water partition coefficient (Wildman–Crippen LogP) is 3.12. The van der Waals surface area contributed by atoms with Crippen LogP contribution in [-0.2, 0) is 4.74 Å². The summed E-state index contributed by atoms with van der Waals surface area (Å²) in [4.78, 5) is 6.53. The summed E-state index contributed by atoms with van der Waals surface area (Å²) in [5.74, 6) is -1.03. The van der Waals surface area contributed by atoms with Crippen molar-refractivity contribution in [2.24, 2.45) is 4.99 Å². The van der Waals surface area contributed by atoms with Crippen LogP contribution in [-0.4, -0.2) is 37.6 Å². The second kappa shape index (κ2) is 6.58. The number of hydrogen-bond acceptors (Lipinski definition) is 4. The topological polar surface area (TPSA) is 45.1 Å². The molecule has 5 heteroatoms. The van der Waals surface area contributed by atoms with E-state index in [-0.39, 0.29) is 5.75 Å².